The first-order chi connectivity index (χ1) is 8.11. The van der Waals surface area contributed by atoms with Crippen molar-refractivity contribution in [2.45, 2.75) is 0 Å². The molecule has 0 aliphatic rings. The van der Waals surface area contributed by atoms with Crippen LogP contribution >= 0.6 is 11.6 Å². The minimum atomic E-state index is -1.37. The zero-order chi connectivity index (χ0) is 12.4. The van der Waals surface area contributed by atoms with E-state index in [-0.39, 0.29) is 5.02 Å². The number of rotatable bonds is 2. The van der Waals surface area contributed by atoms with E-state index in [1.807, 2.05) is 6.07 Å². The van der Waals surface area contributed by atoms with Crippen LogP contribution in [0, 0.1) is 5.82 Å². The van der Waals surface area contributed by atoms with Crippen molar-refractivity contribution in [2.75, 3.05) is 0 Å². The summed E-state index contributed by atoms with van der Waals surface area (Å²) in [6.07, 6.45) is 0. The van der Waals surface area contributed by atoms with Crippen LogP contribution in [0.15, 0.2) is 42.5 Å². The number of halogens is 2. The monoisotopic (exact) mass is 250 g/mol. The molecule has 0 radical (unpaired) electrons. The molecule has 1 N–H and O–H groups in total. The topological polar surface area (TPSA) is 37.3 Å². The van der Waals surface area contributed by atoms with Crippen molar-refractivity contribution >= 4 is 17.6 Å². The molecule has 0 aliphatic heterocycles. The third-order valence-electron chi connectivity index (χ3n) is 2.39. The molecule has 0 saturated heterocycles. The molecule has 2 aromatic rings. The average Bonchev–Trinajstić information content (AvgIpc) is 2.30. The van der Waals surface area contributed by atoms with Gasteiger partial charge in [0.25, 0.3) is 0 Å². The third-order valence-corrected chi connectivity index (χ3v) is 2.78. The lowest BCUT2D eigenvalue weighted by molar-refractivity contribution is 0.0692. The van der Waals surface area contributed by atoms with Gasteiger partial charge in [0.05, 0.1) is 5.02 Å². The molecule has 0 atom stereocenters. The van der Waals surface area contributed by atoms with Crippen molar-refractivity contribution in [3.63, 3.8) is 0 Å². The van der Waals surface area contributed by atoms with Gasteiger partial charge in [-0.2, -0.15) is 0 Å². The Morgan fingerprint density at radius 1 is 1.12 bits per heavy atom. The van der Waals surface area contributed by atoms with E-state index in [0.29, 0.717) is 5.56 Å². The lowest BCUT2D eigenvalue weighted by atomic mass is 10.0. The summed E-state index contributed by atoms with van der Waals surface area (Å²) >= 11 is 5.92. The molecular formula is C13H8ClFO2. The van der Waals surface area contributed by atoms with Crippen molar-refractivity contribution in [1.82, 2.24) is 0 Å². The summed E-state index contributed by atoms with van der Waals surface area (Å²) in [7, 11) is 0. The normalized spacial score (nSPS) is 10.2. The maximum atomic E-state index is 13.3. The van der Waals surface area contributed by atoms with Crippen molar-refractivity contribution in [3.05, 3.63) is 58.9 Å². The molecule has 2 rings (SSSR count). The molecule has 17 heavy (non-hydrogen) atoms. The third kappa shape index (κ3) is 2.15. The van der Waals surface area contributed by atoms with Gasteiger partial charge in [-0.1, -0.05) is 41.9 Å². The van der Waals surface area contributed by atoms with Crippen LogP contribution < -0.4 is 0 Å². The van der Waals surface area contributed by atoms with Crippen molar-refractivity contribution < 1.29 is 14.3 Å². The summed E-state index contributed by atoms with van der Waals surface area (Å²) in [4.78, 5) is 10.9. The Morgan fingerprint density at radius 3 is 2.35 bits per heavy atom. The van der Waals surface area contributed by atoms with Crippen LogP contribution in [0.25, 0.3) is 11.1 Å². The Labute approximate surface area is 102 Å². The Balaban J connectivity index is 2.66. The molecule has 4 heteroatoms. The van der Waals surface area contributed by atoms with Gasteiger partial charge in [-0.3, -0.25) is 0 Å². The van der Waals surface area contributed by atoms with Crippen LogP contribution in [0.2, 0.25) is 5.02 Å². The van der Waals surface area contributed by atoms with E-state index >= 15 is 0 Å². The maximum absolute atomic E-state index is 13.3. The molecule has 0 aromatic heterocycles. The summed E-state index contributed by atoms with van der Waals surface area (Å²) in [5.74, 6) is -2.20. The predicted molar refractivity (Wildman–Crippen MR) is 63.8 cm³/mol. The van der Waals surface area contributed by atoms with Crippen LogP contribution in [0.4, 0.5) is 4.39 Å². The first kappa shape index (κ1) is 11.6. The van der Waals surface area contributed by atoms with Gasteiger partial charge >= 0.3 is 5.97 Å². The Morgan fingerprint density at radius 2 is 1.76 bits per heavy atom. The van der Waals surface area contributed by atoms with Crippen LogP contribution in [-0.2, 0) is 0 Å². The smallest absolute Gasteiger partial charge is 0.340 e. The molecule has 2 aromatic carbocycles. The Hall–Kier alpha value is -1.87. The largest absolute Gasteiger partial charge is 0.478 e. The first-order valence-electron chi connectivity index (χ1n) is 4.88. The standard InChI is InChI=1S/C13H8ClFO2/c14-12-9(8-4-2-1-3-5-8)6-7-10(15)11(12)13(16)17/h1-7H,(H,16,17). The lowest BCUT2D eigenvalue weighted by Crippen LogP contribution is -2.02. The molecule has 0 heterocycles. The number of aromatic carboxylic acids is 1. The SMILES string of the molecule is O=C(O)c1c(F)ccc(-c2ccccc2)c1Cl. The minimum absolute atomic E-state index is 0.0799. The van der Waals surface area contributed by atoms with Crippen molar-refractivity contribution in [2.24, 2.45) is 0 Å². The minimum Gasteiger partial charge on any atom is -0.478 e. The number of carboxylic acids is 1. The number of carbonyl (C=O) groups is 1. The highest BCUT2D eigenvalue weighted by atomic mass is 35.5. The molecule has 0 amide bonds. The second-order valence-electron chi connectivity index (χ2n) is 3.46. The van der Waals surface area contributed by atoms with Crippen LogP contribution in [0.1, 0.15) is 10.4 Å². The molecule has 0 saturated carbocycles. The van der Waals surface area contributed by atoms with Gasteiger partial charge in [-0.25, -0.2) is 9.18 Å². The van der Waals surface area contributed by atoms with Gasteiger partial charge in [0.1, 0.15) is 11.4 Å². The molecule has 0 unspecified atom stereocenters. The van der Waals surface area contributed by atoms with Gasteiger partial charge in [-0.05, 0) is 17.7 Å². The second-order valence-corrected chi connectivity index (χ2v) is 3.83. The summed E-state index contributed by atoms with van der Waals surface area (Å²) in [6, 6.07) is 11.6. The van der Waals surface area contributed by atoms with E-state index in [4.69, 9.17) is 16.7 Å². The fourth-order valence-electron chi connectivity index (χ4n) is 1.59. The summed E-state index contributed by atoms with van der Waals surface area (Å²) < 4.78 is 13.3. The van der Waals surface area contributed by atoms with Crippen LogP contribution in [0.5, 0.6) is 0 Å². The van der Waals surface area contributed by atoms with Crippen LogP contribution in [0.3, 0.4) is 0 Å². The van der Waals surface area contributed by atoms with Crippen molar-refractivity contribution in [1.29, 1.82) is 0 Å². The molecule has 2 nitrogen and oxygen atoms in total. The number of benzene rings is 2. The predicted octanol–water partition coefficient (Wildman–Crippen LogP) is 3.84. The zero-order valence-electron chi connectivity index (χ0n) is 8.65. The first-order valence-corrected chi connectivity index (χ1v) is 5.26. The fourth-order valence-corrected chi connectivity index (χ4v) is 1.93. The van der Waals surface area contributed by atoms with Gasteiger partial charge in [0, 0.05) is 5.56 Å². The number of hydrogen-bond acceptors (Lipinski definition) is 1. The van der Waals surface area contributed by atoms with Crippen LogP contribution in [-0.4, -0.2) is 11.1 Å². The average molecular weight is 251 g/mol. The van der Waals surface area contributed by atoms with E-state index in [2.05, 4.69) is 0 Å². The van der Waals surface area contributed by atoms with E-state index < -0.39 is 17.3 Å². The molecular weight excluding hydrogens is 243 g/mol. The lowest BCUT2D eigenvalue weighted by Gasteiger charge is -2.07. The molecule has 0 aliphatic carbocycles. The second kappa shape index (κ2) is 4.55. The van der Waals surface area contributed by atoms with E-state index in [0.717, 1.165) is 11.6 Å². The Bertz CT molecular complexity index is 567. The van der Waals surface area contributed by atoms with Gasteiger partial charge in [0.15, 0.2) is 0 Å². The highest BCUT2D eigenvalue weighted by Gasteiger charge is 2.18. The Kier molecular flexibility index (Phi) is 3.11. The van der Waals surface area contributed by atoms with Gasteiger partial charge < -0.3 is 5.11 Å². The molecule has 0 fully saturated rings. The summed E-state index contributed by atoms with van der Waals surface area (Å²) in [6.45, 7) is 0. The van der Waals surface area contributed by atoms with Crippen molar-refractivity contribution in [3.8, 4) is 11.1 Å². The zero-order valence-corrected chi connectivity index (χ0v) is 9.41. The molecule has 0 spiro atoms. The number of hydrogen-bond donors (Lipinski definition) is 1. The molecule has 0 bridgehead atoms. The van der Waals surface area contributed by atoms with E-state index in [9.17, 15) is 9.18 Å². The highest BCUT2D eigenvalue weighted by Crippen LogP contribution is 2.32. The van der Waals surface area contributed by atoms with Gasteiger partial charge in [-0.15, -0.1) is 0 Å². The quantitative estimate of drug-likeness (QED) is 0.879. The highest BCUT2D eigenvalue weighted by molar-refractivity contribution is 6.36. The summed E-state index contributed by atoms with van der Waals surface area (Å²) in [5.41, 5.74) is 0.763. The molecule has 86 valence electrons. The van der Waals surface area contributed by atoms with E-state index in [1.54, 1.807) is 24.3 Å². The summed E-state index contributed by atoms with van der Waals surface area (Å²) in [5, 5.41) is 8.81. The van der Waals surface area contributed by atoms with E-state index in [1.165, 1.54) is 6.07 Å². The maximum Gasteiger partial charge on any atom is 0.340 e. The number of carboxylic acid groups (broad SMARTS) is 1. The van der Waals surface area contributed by atoms with Gasteiger partial charge in [0.2, 0.25) is 0 Å². The fraction of sp³-hybridized carbons (Fsp3) is 0.